The van der Waals surface area contributed by atoms with Gasteiger partial charge >= 0.3 is 0 Å². The standard InChI is InChI=1S/C15H22FNO/c1-10-4-3-5-13(8-10)18-15-9-12(16)6-7-14(15)11(2)17/h6-7,9-11,13H,3-5,8,17H2,1-2H3. The van der Waals surface area contributed by atoms with Gasteiger partial charge in [-0.15, -0.1) is 0 Å². The number of rotatable bonds is 3. The molecule has 2 N–H and O–H groups in total. The van der Waals surface area contributed by atoms with Gasteiger partial charge in [0.2, 0.25) is 0 Å². The van der Waals surface area contributed by atoms with E-state index in [4.69, 9.17) is 10.5 Å². The number of hydrogen-bond acceptors (Lipinski definition) is 2. The smallest absolute Gasteiger partial charge is 0.127 e. The Hall–Kier alpha value is -1.09. The fourth-order valence-corrected chi connectivity index (χ4v) is 2.65. The third-order valence-corrected chi connectivity index (χ3v) is 3.65. The average molecular weight is 251 g/mol. The topological polar surface area (TPSA) is 35.2 Å². The normalized spacial score (nSPS) is 25.8. The quantitative estimate of drug-likeness (QED) is 0.886. The van der Waals surface area contributed by atoms with E-state index in [9.17, 15) is 4.39 Å². The molecule has 2 rings (SSSR count). The van der Waals surface area contributed by atoms with Crippen LogP contribution in [-0.4, -0.2) is 6.10 Å². The summed E-state index contributed by atoms with van der Waals surface area (Å²) in [4.78, 5) is 0. The summed E-state index contributed by atoms with van der Waals surface area (Å²) in [5, 5.41) is 0. The SMILES string of the molecule is CC1CCCC(Oc2cc(F)ccc2C(C)N)C1. The second kappa shape index (κ2) is 5.70. The zero-order chi connectivity index (χ0) is 13.1. The van der Waals surface area contributed by atoms with Gasteiger partial charge in [-0.2, -0.15) is 0 Å². The van der Waals surface area contributed by atoms with E-state index in [-0.39, 0.29) is 18.0 Å². The molecule has 3 atom stereocenters. The molecule has 0 aromatic heterocycles. The number of halogens is 1. The lowest BCUT2D eigenvalue weighted by molar-refractivity contribution is 0.127. The highest BCUT2D eigenvalue weighted by molar-refractivity contribution is 5.36. The summed E-state index contributed by atoms with van der Waals surface area (Å²) in [6, 6.07) is 4.48. The summed E-state index contributed by atoms with van der Waals surface area (Å²) < 4.78 is 19.3. The van der Waals surface area contributed by atoms with Crippen LogP contribution in [0.25, 0.3) is 0 Å². The molecule has 100 valence electrons. The first kappa shape index (κ1) is 13.3. The molecule has 0 saturated heterocycles. The fraction of sp³-hybridized carbons (Fsp3) is 0.600. The minimum atomic E-state index is -0.266. The molecule has 0 bridgehead atoms. The van der Waals surface area contributed by atoms with Crippen molar-refractivity contribution in [2.75, 3.05) is 0 Å². The Morgan fingerprint density at radius 1 is 1.39 bits per heavy atom. The van der Waals surface area contributed by atoms with Crippen molar-refractivity contribution in [3.63, 3.8) is 0 Å². The largest absolute Gasteiger partial charge is 0.490 e. The molecule has 1 aromatic carbocycles. The molecule has 3 heteroatoms. The van der Waals surface area contributed by atoms with E-state index in [1.807, 2.05) is 6.92 Å². The molecule has 1 saturated carbocycles. The zero-order valence-corrected chi connectivity index (χ0v) is 11.2. The van der Waals surface area contributed by atoms with Crippen LogP contribution < -0.4 is 10.5 Å². The van der Waals surface area contributed by atoms with E-state index >= 15 is 0 Å². The van der Waals surface area contributed by atoms with E-state index in [0.29, 0.717) is 11.7 Å². The summed E-state index contributed by atoms with van der Waals surface area (Å²) in [6.07, 6.45) is 4.76. The third kappa shape index (κ3) is 3.22. The van der Waals surface area contributed by atoms with E-state index < -0.39 is 0 Å². The summed E-state index contributed by atoms with van der Waals surface area (Å²) in [5.41, 5.74) is 6.78. The van der Waals surface area contributed by atoms with Crippen molar-refractivity contribution in [3.8, 4) is 5.75 Å². The highest BCUT2D eigenvalue weighted by Crippen LogP contribution is 2.31. The second-order valence-electron chi connectivity index (χ2n) is 5.48. The number of nitrogens with two attached hydrogens (primary N) is 1. The maximum Gasteiger partial charge on any atom is 0.127 e. The minimum absolute atomic E-state index is 0.137. The highest BCUT2D eigenvalue weighted by Gasteiger charge is 2.21. The number of ether oxygens (including phenoxy) is 1. The molecule has 0 spiro atoms. The van der Waals surface area contributed by atoms with Crippen molar-refractivity contribution < 1.29 is 9.13 Å². The minimum Gasteiger partial charge on any atom is -0.490 e. The Kier molecular flexibility index (Phi) is 4.23. The predicted molar refractivity (Wildman–Crippen MR) is 71.1 cm³/mol. The van der Waals surface area contributed by atoms with Gasteiger partial charge in [-0.3, -0.25) is 0 Å². The van der Waals surface area contributed by atoms with Crippen molar-refractivity contribution in [1.82, 2.24) is 0 Å². The molecular weight excluding hydrogens is 229 g/mol. The Balaban J connectivity index is 2.14. The molecular formula is C15H22FNO. The lowest BCUT2D eigenvalue weighted by Gasteiger charge is -2.28. The molecule has 1 aromatic rings. The molecule has 2 nitrogen and oxygen atoms in total. The Labute approximate surface area is 108 Å². The molecule has 18 heavy (non-hydrogen) atoms. The first-order valence-corrected chi connectivity index (χ1v) is 6.78. The van der Waals surface area contributed by atoms with Crippen LogP contribution in [-0.2, 0) is 0 Å². The first-order chi connectivity index (χ1) is 8.56. The predicted octanol–water partition coefficient (Wildman–Crippen LogP) is 3.80. The Morgan fingerprint density at radius 2 is 2.17 bits per heavy atom. The second-order valence-corrected chi connectivity index (χ2v) is 5.48. The van der Waals surface area contributed by atoms with E-state index in [0.717, 1.165) is 18.4 Å². The average Bonchev–Trinajstić information content (AvgIpc) is 2.28. The van der Waals surface area contributed by atoms with Crippen LogP contribution in [0.1, 0.15) is 51.1 Å². The van der Waals surface area contributed by atoms with Gasteiger partial charge in [-0.1, -0.05) is 19.4 Å². The van der Waals surface area contributed by atoms with Crippen LogP contribution in [0.5, 0.6) is 5.75 Å². The molecule has 0 aliphatic heterocycles. The van der Waals surface area contributed by atoms with Crippen LogP contribution >= 0.6 is 0 Å². The van der Waals surface area contributed by atoms with Crippen molar-refractivity contribution in [2.45, 2.75) is 51.7 Å². The van der Waals surface area contributed by atoms with Crippen molar-refractivity contribution in [1.29, 1.82) is 0 Å². The molecule has 1 fully saturated rings. The molecule has 1 aliphatic rings. The monoisotopic (exact) mass is 251 g/mol. The van der Waals surface area contributed by atoms with Gasteiger partial charge in [0, 0.05) is 17.7 Å². The summed E-state index contributed by atoms with van der Waals surface area (Å²) in [6.45, 7) is 4.14. The van der Waals surface area contributed by atoms with E-state index in [1.54, 1.807) is 6.07 Å². The van der Waals surface area contributed by atoms with Crippen LogP contribution in [0.2, 0.25) is 0 Å². The van der Waals surface area contributed by atoms with Gasteiger partial charge in [0.05, 0.1) is 6.10 Å². The summed E-state index contributed by atoms with van der Waals surface area (Å²) >= 11 is 0. The zero-order valence-electron chi connectivity index (χ0n) is 11.2. The molecule has 0 amide bonds. The van der Waals surface area contributed by atoms with E-state index in [2.05, 4.69) is 6.92 Å². The van der Waals surface area contributed by atoms with Crippen LogP contribution in [0.15, 0.2) is 18.2 Å². The van der Waals surface area contributed by atoms with Gasteiger partial charge in [0.1, 0.15) is 11.6 Å². The Morgan fingerprint density at radius 3 is 2.83 bits per heavy atom. The van der Waals surface area contributed by atoms with Crippen LogP contribution in [0.3, 0.4) is 0 Å². The maximum atomic E-state index is 13.3. The molecule has 1 aliphatic carbocycles. The number of benzene rings is 1. The highest BCUT2D eigenvalue weighted by atomic mass is 19.1. The fourth-order valence-electron chi connectivity index (χ4n) is 2.65. The van der Waals surface area contributed by atoms with Gasteiger partial charge in [-0.05, 0) is 38.2 Å². The van der Waals surface area contributed by atoms with Gasteiger partial charge in [-0.25, -0.2) is 4.39 Å². The Bertz CT molecular complexity index is 405. The summed E-state index contributed by atoms with van der Waals surface area (Å²) in [7, 11) is 0. The van der Waals surface area contributed by atoms with Crippen LogP contribution in [0, 0.1) is 11.7 Å². The maximum absolute atomic E-state index is 13.3. The molecule has 0 radical (unpaired) electrons. The number of hydrogen-bond donors (Lipinski definition) is 1. The molecule has 3 unspecified atom stereocenters. The van der Waals surface area contributed by atoms with Crippen LogP contribution in [0.4, 0.5) is 4.39 Å². The lowest BCUT2D eigenvalue weighted by Crippen LogP contribution is -2.25. The molecule has 0 heterocycles. The van der Waals surface area contributed by atoms with Gasteiger partial charge in [0.15, 0.2) is 0 Å². The van der Waals surface area contributed by atoms with Gasteiger partial charge < -0.3 is 10.5 Å². The lowest BCUT2D eigenvalue weighted by atomic mass is 9.88. The van der Waals surface area contributed by atoms with Crippen molar-refractivity contribution in [2.24, 2.45) is 11.7 Å². The van der Waals surface area contributed by atoms with Crippen molar-refractivity contribution >= 4 is 0 Å². The van der Waals surface area contributed by atoms with Crippen molar-refractivity contribution in [3.05, 3.63) is 29.6 Å². The van der Waals surface area contributed by atoms with E-state index in [1.165, 1.54) is 25.0 Å². The summed E-state index contributed by atoms with van der Waals surface area (Å²) in [5.74, 6) is 1.04. The van der Waals surface area contributed by atoms with Gasteiger partial charge in [0.25, 0.3) is 0 Å². The first-order valence-electron chi connectivity index (χ1n) is 6.78. The third-order valence-electron chi connectivity index (χ3n) is 3.65.